The van der Waals surface area contributed by atoms with Crippen LogP contribution in [0, 0.1) is 0 Å². The van der Waals surface area contributed by atoms with Crippen LogP contribution in [0.15, 0.2) is 35.2 Å². The van der Waals surface area contributed by atoms with Crippen LogP contribution < -0.4 is 5.32 Å². The number of ether oxygens (including phenoxy) is 3. The van der Waals surface area contributed by atoms with Crippen LogP contribution in [0.25, 0.3) is 0 Å². The van der Waals surface area contributed by atoms with E-state index in [9.17, 15) is 9.59 Å². The van der Waals surface area contributed by atoms with Crippen LogP contribution in [0.5, 0.6) is 0 Å². The van der Waals surface area contributed by atoms with Gasteiger partial charge in [0.1, 0.15) is 0 Å². The van der Waals surface area contributed by atoms with Crippen molar-refractivity contribution in [2.24, 2.45) is 0 Å². The van der Waals surface area contributed by atoms with E-state index in [1.165, 1.54) is 4.90 Å². The van der Waals surface area contributed by atoms with E-state index in [4.69, 9.17) is 14.2 Å². The average Bonchev–Trinajstić information content (AvgIpc) is 3.18. The Morgan fingerprint density at radius 1 is 1.35 bits per heavy atom. The summed E-state index contributed by atoms with van der Waals surface area (Å²) in [6.45, 7) is 3.02. The summed E-state index contributed by atoms with van der Waals surface area (Å²) in [6.07, 6.45) is 2.18. The first-order valence-electron chi connectivity index (χ1n) is 8.99. The van der Waals surface area contributed by atoms with E-state index in [-0.39, 0.29) is 18.6 Å². The van der Waals surface area contributed by atoms with E-state index in [1.54, 1.807) is 18.7 Å². The number of amides is 1. The summed E-state index contributed by atoms with van der Waals surface area (Å²) in [6, 6.07) is 10.1. The molecule has 1 amide bonds. The fourth-order valence-corrected chi connectivity index (χ4v) is 3.28. The van der Waals surface area contributed by atoms with E-state index >= 15 is 0 Å². The van der Waals surface area contributed by atoms with Crippen LogP contribution in [0.2, 0.25) is 0 Å². The van der Waals surface area contributed by atoms with E-state index in [0.29, 0.717) is 13.2 Å². The van der Waals surface area contributed by atoms with Crippen molar-refractivity contribution in [2.45, 2.75) is 43.3 Å². The van der Waals surface area contributed by atoms with Gasteiger partial charge in [0.2, 0.25) is 0 Å². The van der Waals surface area contributed by atoms with Gasteiger partial charge in [-0.05, 0) is 44.1 Å². The Morgan fingerprint density at radius 3 is 2.88 bits per heavy atom. The zero-order valence-electron chi connectivity index (χ0n) is 15.1. The molecule has 6 nitrogen and oxygen atoms in total. The molecule has 1 fully saturated rings. The molecule has 1 aromatic rings. The predicted octanol–water partition coefficient (Wildman–Crippen LogP) is 2.41. The molecule has 2 atom stereocenters. The van der Waals surface area contributed by atoms with E-state index in [1.807, 2.05) is 18.2 Å². The van der Waals surface area contributed by atoms with Crippen molar-refractivity contribution in [1.29, 1.82) is 0 Å². The van der Waals surface area contributed by atoms with Crippen molar-refractivity contribution >= 4 is 23.6 Å². The highest BCUT2D eigenvalue weighted by Crippen LogP contribution is 2.17. The van der Waals surface area contributed by atoms with Crippen LogP contribution in [0.1, 0.15) is 26.2 Å². The first-order chi connectivity index (χ1) is 12.6. The second-order valence-corrected chi connectivity index (χ2v) is 7.25. The standard InChI is InChI=1S/C19H27NO5S/c1-15(24-13-16-7-5-11-23-16)19(22)25-14-18(21)20-10-6-12-26-17-8-3-2-4-9-17/h2-4,8-9,15-16H,5-7,10-14H2,1H3,(H,20,21). The fraction of sp³-hybridized carbons (Fsp3) is 0.579. The molecule has 0 radical (unpaired) electrons. The first-order valence-corrected chi connectivity index (χ1v) is 9.98. The van der Waals surface area contributed by atoms with Gasteiger partial charge in [0, 0.05) is 18.0 Å². The van der Waals surface area contributed by atoms with Gasteiger partial charge in [-0.1, -0.05) is 18.2 Å². The van der Waals surface area contributed by atoms with Gasteiger partial charge in [0.25, 0.3) is 5.91 Å². The van der Waals surface area contributed by atoms with Crippen molar-refractivity contribution in [1.82, 2.24) is 5.32 Å². The van der Waals surface area contributed by atoms with Crippen molar-refractivity contribution in [2.75, 3.05) is 32.1 Å². The third-order valence-corrected chi connectivity index (χ3v) is 4.99. The third kappa shape index (κ3) is 8.21. The van der Waals surface area contributed by atoms with Crippen molar-refractivity contribution in [3.63, 3.8) is 0 Å². The lowest BCUT2D eigenvalue weighted by atomic mass is 10.2. The minimum atomic E-state index is -0.700. The van der Waals surface area contributed by atoms with Gasteiger partial charge in [-0.2, -0.15) is 0 Å². The van der Waals surface area contributed by atoms with Crippen LogP contribution >= 0.6 is 11.8 Å². The number of rotatable bonds is 11. The Balaban J connectivity index is 1.48. The van der Waals surface area contributed by atoms with E-state index in [2.05, 4.69) is 17.4 Å². The minimum Gasteiger partial charge on any atom is -0.454 e. The van der Waals surface area contributed by atoms with Crippen molar-refractivity contribution in [3.8, 4) is 0 Å². The molecule has 1 aliphatic rings. The molecule has 0 spiro atoms. The maximum absolute atomic E-state index is 11.8. The number of carbonyl (C=O) groups is 2. The topological polar surface area (TPSA) is 73.9 Å². The normalized spacial score (nSPS) is 17.7. The number of nitrogens with one attached hydrogen (secondary N) is 1. The Labute approximate surface area is 159 Å². The molecule has 0 saturated carbocycles. The molecule has 2 unspecified atom stereocenters. The lowest BCUT2D eigenvalue weighted by Gasteiger charge is -2.15. The second kappa shape index (κ2) is 11.9. The second-order valence-electron chi connectivity index (χ2n) is 6.08. The lowest BCUT2D eigenvalue weighted by Crippen LogP contribution is -2.33. The number of esters is 1. The Morgan fingerprint density at radius 2 is 2.15 bits per heavy atom. The fourth-order valence-electron chi connectivity index (χ4n) is 2.41. The molecule has 144 valence electrons. The third-order valence-electron chi connectivity index (χ3n) is 3.89. The van der Waals surface area contributed by atoms with Gasteiger partial charge >= 0.3 is 5.97 Å². The Hall–Kier alpha value is -1.57. The number of hydrogen-bond acceptors (Lipinski definition) is 6. The molecule has 1 aliphatic heterocycles. The highest BCUT2D eigenvalue weighted by Gasteiger charge is 2.21. The van der Waals surface area contributed by atoms with Gasteiger partial charge < -0.3 is 19.5 Å². The molecule has 2 rings (SSSR count). The molecule has 1 saturated heterocycles. The first kappa shape index (κ1) is 20.7. The molecular formula is C19H27NO5S. The van der Waals surface area contributed by atoms with E-state index in [0.717, 1.165) is 31.6 Å². The zero-order valence-corrected chi connectivity index (χ0v) is 16.0. The molecule has 1 aromatic carbocycles. The summed E-state index contributed by atoms with van der Waals surface area (Å²) >= 11 is 1.75. The molecule has 7 heteroatoms. The van der Waals surface area contributed by atoms with Crippen LogP contribution in [0.4, 0.5) is 0 Å². The molecular weight excluding hydrogens is 354 g/mol. The quantitative estimate of drug-likeness (QED) is 0.360. The summed E-state index contributed by atoms with van der Waals surface area (Å²) in [4.78, 5) is 24.7. The summed E-state index contributed by atoms with van der Waals surface area (Å²) < 4.78 is 15.9. The van der Waals surface area contributed by atoms with Gasteiger partial charge in [0.05, 0.1) is 12.7 Å². The smallest absolute Gasteiger partial charge is 0.335 e. The monoisotopic (exact) mass is 381 g/mol. The molecule has 1 heterocycles. The van der Waals surface area contributed by atoms with Crippen molar-refractivity contribution < 1.29 is 23.8 Å². The van der Waals surface area contributed by atoms with E-state index < -0.39 is 12.1 Å². The average molecular weight is 381 g/mol. The summed E-state index contributed by atoms with van der Waals surface area (Å²) in [7, 11) is 0. The van der Waals surface area contributed by atoms with Gasteiger partial charge in [0.15, 0.2) is 12.7 Å². The molecule has 0 aromatic heterocycles. The summed E-state index contributed by atoms with van der Waals surface area (Å²) in [5.74, 6) is 0.0882. The maximum atomic E-state index is 11.8. The van der Waals surface area contributed by atoms with Gasteiger partial charge in [-0.15, -0.1) is 11.8 Å². The molecule has 0 bridgehead atoms. The highest BCUT2D eigenvalue weighted by atomic mass is 32.2. The molecule has 0 aliphatic carbocycles. The lowest BCUT2D eigenvalue weighted by molar-refractivity contribution is -0.160. The maximum Gasteiger partial charge on any atom is 0.335 e. The Kier molecular flexibility index (Phi) is 9.52. The SMILES string of the molecule is CC(OCC1CCCO1)C(=O)OCC(=O)NCCCSc1ccccc1. The number of carbonyl (C=O) groups excluding carboxylic acids is 2. The summed E-state index contributed by atoms with van der Waals surface area (Å²) in [5.41, 5.74) is 0. The largest absolute Gasteiger partial charge is 0.454 e. The van der Waals surface area contributed by atoms with Gasteiger partial charge in [-0.25, -0.2) is 4.79 Å². The minimum absolute atomic E-state index is 0.0577. The summed E-state index contributed by atoms with van der Waals surface area (Å²) in [5, 5.41) is 2.75. The van der Waals surface area contributed by atoms with Gasteiger partial charge in [-0.3, -0.25) is 4.79 Å². The number of thioether (sulfide) groups is 1. The molecule has 26 heavy (non-hydrogen) atoms. The van der Waals surface area contributed by atoms with Crippen LogP contribution in [0.3, 0.4) is 0 Å². The zero-order chi connectivity index (χ0) is 18.6. The predicted molar refractivity (Wildman–Crippen MR) is 100 cm³/mol. The highest BCUT2D eigenvalue weighted by molar-refractivity contribution is 7.99. The van der Waals surface area contributed by atoms with Crippen molar-refractivity contribution in [3.05, 3.63) is 30.3 Å². The Bertz CT molecular complexity index is 548. The van der Waals surface area contributed by atoms with Crippen LogP contribution in [-0.4, -0.2) is 56.2 Å². The van der Waals surface area contributed by atoms with Crippen LogP contribution in [-0.2, 0) is 23.8 Å². The number of benzene rings is 1. The molecule has 1 N–H and O–H groups in total. The number of hydrogen-bond donors (Lipinski definition) is 1.